The summed E-state index contributed by atoms with van der Waals surface area (Å²) in [7, 11) is 0. The van der Waals surface area contributed by atoms with Crippen LogP contribution in [-0.2, 0) is 0 Å². The average molecular weight is 286 g/mol. The Bertz CT molecular complexity index is 237. The highest BCUT2D eigenvalue weighted by Crippen LogP contribution is 2.31. The van der Waals surface area contributed by atoms with Crippen LogP contribution in [0.1, 0.15) is 87.0 Å². The van der Waals surface area contributed by atoms with Gasteiger partial charge in [-0.25, -0.2) is 0 Å². The van der Waals surface area contributed by atoms with E-state index in [4.69, 9.17) is 0 Å². The summed E-state index contributed by atoms with van der Waals surface area (Å²) in [5.74, 6) is 0. The predicted molar refractivity (Wildman–Crippen MR) is 90.1 cm³/mol. The van der Waals surface area contributed by atoms with E-state index in [1.165, 1.54) is 38.5 Å². The number of aliphatic hydroxyl groups is 1. The summed E-state index contributed by atoms with van der Waals surface area (Å²) >= 11 is 0. The molecule has 0 unspecified atom stereocenters. The van der Waals surface area contributed by atoms with E-state index in [1.807, 2.05) is 0 Å². The Kier molecular flexibility index (Phi) is 9.01. The van der Waals surface area contributed by atoms with Crippen molar-refractivity contribution in [1.29, 1.82) is 0 Å². The first-order valence-corrected chi connectivity index (χ1v) is 8.52. The molecule has 0 radical (unpaired) electrons. The number of nitrogens with one attached hydrogen (secondary N) is 1. The van der Waals surface area contributed by atoms with E-state index in [0.29, 0.717) is 0 Å². The first kappa shape index (κ1) is 19.9. The molecule has 0 aliphatic heterocycles. The third-order valence-electron chi connectivity index (χ3n) is 4.03. The van der Waals surface area contributed by atoms with Crippen LogP contribution in [0.4, 0.5) is 0 Å². The molecular weight excluding hydrogens is 246 g/mol. The third-order valence-corrected chi connectivity index (χ3v) is 4.03. The first-order chi connectivity index (χ1) is 9.10. The van der Waals surface area contributed by atoms with Crippen molar-refractivity contribution >= 4 is 0 Å². The number of hydrogen-bond donors (Lipinski definition) is 2. The minimum atomic E-state index is -0.317. The molecule has 0 rings (SSSR count). The van der Waals surface area contributed by atoms with E-state index in [0.717, 1.165) is 6.54 Å². The molecule has 0 spiro atoms. The van der Waals surface area contributed by atoms with Gasteiger partial charge in [0.05, 0.1) is 6.10 Å². The van der Waals surface area contributed by atoms with Crippen LogP contribution < -0.4 is 5.32 Å². The molecule has 0 saturated heterocycles. The summed E-state index contributed by atoms with van der Waals surface area (Å²) in [6, 6.07) is 0.151. The van der Waals surface area contributed by atoms with Gasteiger partial charge >= 0.3 is 0 Å². The maximum atomic E-state index is 10.6. The normalized spacial score (nSPS) is 16.2. The van der Waals surface area contributed by atoms with Crippen LogP contribution in [0.3, 0.4) is 0 Å². The Hall–Kier alpha value is -0.0800. The van der Waals surface area contributed by atoms with Crippen molar-refractivity contribution in [3.8, 4) is 0 Å². The highest BCUT2D eigenvalue weighted by Gasteiger charge is 2.37. The van der Waals surface area contributed by atoms with Gasteiger partial charge in [-0.3, -0.25) is 0 Å². The van der Waals surface area contributed by atoms with Gasteiger partial charge in [0.25, 0.3) is 0 Å². The third kappa shape index (κ3) is 8.26. The maximum Gasteiger partial charge on any atom is 0.0746 e. The van der Waals surface area contributed by atoms with E-state index in [2.05, 4.69) is 53.8 Å². The highest BCUT2D eigenvalue weighted by atomic mass is 16.3. The molecule has 0 aromatic carbocycles. The fourth-order valence-corrected chi connectivity index (χ4v) is 2.55. The van der Waals surface area contributed by atoms with Gasteiger partial charge in [0.2, 0.25) is 0 Å². The van der Waals surface area contributed by atoms with Crippen molar-refractivity contribution in [1.82, 2.24) is 5.32 Å². The van der Waals surface area contributed by atoms with Gasteiger partial charge in [0, 0.05) is 6.04 Å². The molecule has 122 valence electrons. The zero-order valence-corrected chi connectivity index (χ0v) is 15.1. The fourth-order valence-electron chi connectivity index (χ4n) is 2.55. The van der Waals surface area contributed by atoms with Crippen LogP contribution in [0.15, 0.2) is 0 Å². The highest BCUT2D eigenvalue weighted by molar-refractivity contribution is 4.92. The second-order valence-electron chi connectivity index (χ2n) is 8.38. The van der Waals surface area contributed by atoms with E-state index >= 15 is 0 Å². The lowest BCUT2D eigenvalue weighted by Gasteiger charge is -2.41. The summed E-state index contributed by atoms with van der Waals surface area (Å²) in [4.78, 5) is 0. The van der Waals surface area contributed by atoms with E-state index in [1.54, 1.807) is 0 Å². The molecule has 0 aromatic heterocycles. The molecule has 0 aromatic rings. The summed E-state index contributed by atoms with van der Waals surface area (Å²) in [5, 5.41) is 14.2. The van der Waals surface area contributed by atoms with Crippen LogP contribution in [0.25, 0.3) is 0 Å². The lowest BCUT2D eigenvalue weighted by Crippen LogP contribution is -2.53. The standard InChI is InChI=1S/C18H39NO/c1-8-9-10-11-12-13-14-19-15(17(2,3)4)16(20)18(5,6)7/h15-16,19-20H,8-14H2,1-7H3/t15-,16-/m1/s1. The number of aliphatic hydroxyl groups excluding tert-OH is 1. The van der Waals surface area contributed by atoms with E-state index in [9.17, 15) is 5.11 Å². The average Bonchev–Trinajstić information content (AvgIpc) is 2.29. The quantitative estimate of drug-likeness (QED) is 0.599. The molecule has 0 fully saturated rings. The molecule has 0 aliphatic rings. The molecule has 20 heavy (non-hydrogen) atoms. The first-order valence-electron chi connectivity index (χ1n) is 8.52. The Balaban J connectivity index is 4.14. The maximum absolute atomic E-state index is 10.6. The monoisotopic (exact) mass is 285 g/mol. The lowest BCUT2D eigenvalue weighted by atomic mass is 9.74. The van der Waals surface area contributed by atoms with Gasteiger partial charge in [0.15, 0.2) is 0 Å². The smallest absolute Gasteiger partial charge is 0.0746 e. The minimum absolute atomic E-state index is 0.0773. The zero-order chi connectivity index (χ0) is 15.8. The Labute approximate surface area is 127 Å². The summed E-state index contributed by atoms with van der Waals surface area (Å²) in [5.41, 5.74) is 0.000972. The van der Waals surface area contributed by atoms with Gasteiger partial charge in [0.1, 0.15) is 0 Å². The zero-order valence-electron chi connectivity index (χ0n) is 15.1. The van der Waals surface area contributed by atoms with Crippen LogP contribution in [0.5, 0.6) is 0 Å². The fraction of sp³-hybridized carbons (Fsp3) is 1.00. The Morgan fingerprint density at radius 3 is 1.75 bits per heavy atom. The molecule has 0 bridgehead atoms. The molecule has 2 nitrogen and oxygen atoms in total. The van der Waals surface area contributed by atoms with Crippen molar-refractivity contribution in [3.63, 3.8) is 0 Å². The van der Waals surface area contributed by atoms with Crippen LogP contribution >= 0.6 is 0 Å². The molecule has 0 saturated carbocycles. The molecule has 2 N–H and O–H groups in total. The van der Waals surface area contributed by atoms with Crippen molar-refractivity contribution < 1.29 is 5.11 Å². The molecule has 0 amide bonds. The van der Waals surface area contributed by atoms with Gasteiger partial charge < -0.3 is 10.4 Å². The second-order valence-corrected chi connectivity index (χ2v) is 8.38. The van der Waals surface area contributed by atoms with Crippen LogP contribution in [-0.4, -0.2) is 23.8 Å². The summed E-state index contributed by atoms with van der Waals surface area (Å²) in [6.07, 6.45) is 7.58. The van der Waals surface area contributed by atoms with Gasteiger partial charge in [-0.15, -0.1) is 0 Å². The lowest BCUT2D eigenvalue weighted by molar-refractivity contribution is -0.00688. The largest absolute Gasteiger partial charge is 0.391 e. The van der Waals surface area contributed by atoms with Crippen molar-refractivity contribution in [2.45, 2.75) is 99.1 Å². The van der Waals surface area contributed by atoms with Crippen molar-refractivity contribution in [3.05, 3.63) is 0 Å². The predicted octanol–water partition coefficient (Wildman–Crippen LogP) is 4.76. The number of rotatable bonds is 9. The second kappa shape index (κ2) is 9.04. The van der Waals surface area contributed by atoms with E-state index < -0.39 is 0 Å². The summed E-state index contributed by atoms with van der Waals surface area (Å²) < 4.78 is 0. The minimum Gasteiger partial charge on any atom is -0.391 e. The molecular formula is C18H39NO. The number of hydrogen-bond acceptors (Lipinski definition) is 2. The topological polar surface area (TPSA) is 32.3 Å². The Morgan fingerprint density at radius 2 is 1.30 bits per heavy atom. The van der Waals surface area contributed by atoms with Gasteiger partial charge in [-0.05, 0) is 23.8 Å². The number of unbranched alkanes of at least 4 members (excludes halogenated alkanes) is 5. The molecule has 2 heteroatoms. The van der Waals surface area contributed by atoms with E-state index in [-0.39, 0.29) is 23.0 Å². The Morgan fingerprint density at radius 1 is 0.800 bits per heavy atom. The van der Waals surface area contributed by atoms with Crippen molar-refractivity contribution in [2.75, 3.05) is 6.54 Å². The van der Waals surface area contributed by atoms with Gasteiger partial charge in [-0.2, -0.15) is 0 Å². The van der Waals surface area contributed by atoms with Crippen LogP contribution in [0, 0.1) is 10.8 Å². The van der Waals surface area contributed by atoms with Crippen LogP contribution in [0.2, 0.25) is 0 Å². The SMILES string of the molecule is CCCCCCCCN[C@H]([C@@H](O)C(C)(C)C)C(C)(C)C. The molecule has 0 aliphatic carbocycles. The molecule has 0 heterocycles. The van der Waals surface area contributed by atoms with Gasteiger partial charge in [-0.1, -0.05) is 80.6 Å². The summed E-state index contributed by atoms with van der Waals surface area (Å²) in [6.45, 7) is 16.2. The van der Waals surface area contributed by atoms with Crippen molar-refractivity contribution in [2.24, 2.45) is 10.8 Å². The molecule has 2 atom stereocenters.